The first kappa shape index (κ1) is 11.4. The maximum atomic E-state index is 11.4. The molecule has 2 fully saturated rings. The molecule has 0 spiro atoms. The first-order valence-corrected chi connectivity index (χ1v) is 6.54. The van der Waals surface area contributed by atoms with Gasteiger partial charge in [-0.05, 0) is 49.1 Å². The van der Waals surface area contributed by atoms with Crippen molar-refractivity contribution in [3.63, 3.8) is 0 Å². The van der Waals surface area contributed by atoms with Crippen LogP contribution < -0.4 is 16.8 Å². The van der Waals surface area contributed by atoms with Crippen LogP contribution in [0.25, 0.3) is 0 Å². The molecule has 0 heterocycles. The van der Waals surface area contributed by atoms with Crippen LogP contribution in [0.2, 0.25) is 0 Å². The van der Waals surface area contributed by atoms with Gasteiger partial charge in [0.05, 0.1) is 16.9 Å². The second-order valence-electron chi connectivity index (χ2n) is 5.62. The van der Waals surface area contributed by atoms with E-state index in [9.17, 15) is 4.79 Å². The van der Waals surface area contributed by atoms with Crippen LogP contribution in [0.1, 0.15) is 36.0 Å². The molecule has 0 radical (unpaired) electrons. The number of anilines is 2. The molecule has 1 amide bonds. The van der Waals surface area contributed by atoms with E-state index in [1.807, 2.05) is 0 Å². The highest BCUT2D eigenvalue weighted by Crippen LogP contribution is 2.61. The topological polar surface area (TPSA) is 81.1 Å². The van der Waals surface area contributed by atoms with Crippen molar-refractivity contribution in [2.75, 3.05) is 17.6 Å². The Hall–Kier alpha value is -1.71. The predicted molar refractivity (Wildman–Crippen MR) is 72.3 cm³/mol. The van der Waals surface area contributed by atoms with Gasteiger partial charge in [-0.2, -0.15) is 0 Å². The summed E-state index contributed by atoms with van der Waals surface area (Å²) in [5, 5.41) is 3.36. The third kappa shape index (κ3) is 1.92. The Morgan fingerprint density at radius 3 is 2.67 bits per heavy atom. The molecular formula is C14H19N3O. The summed E-state index contributed by atoms with van der Waals surface area (Å²) in [5.41, 5.74) is 13.6. The van der Waals surface area contributed by atoms with E-state index < -0.39 is 5.91 Å². The lowest BCUT2D eigenvalue weighted by Crippen LogP contribution is -2.21. The zero-order valence-electron chi connectivity index (χ0n) is 10.4. The second-order valence-corrected chi connectivity index (χ2v) is 5.62. The molecule has 0 saturated heterocycles. The van der Waals surface area contributed by atoms with E-state index in [0.717, 1.165) is 12.5 Å². The van der Waals surface area contributed by atoms with Gasteiger partial charge >= 0.3 is 0 Å². The van der Waals surface area contributed by atoms with Crippen LogP contribution in [0.15, 0.2) is 18.2 Å². The van der Waals surface area contributed by atoms with Gasteiger partial charge in [0.15, 0.2) is 0 Å². The van der Waals surface area contributed by atoms with Crippen LogP contribution in [0.4, 0.5) is 11.4 Å². The summed E-state index contributed by atoms with van der Waals surface area (Å²) in [4.78, 5) is 11.4. The molecule has 0 atom stereocenters. The van der Waals surface area contributed by atoms with Crippen molar-refractivity contribution in [1.82, 2.24) is 0 Å². The Morgan fingerprint density at radius 1 is 1.39 bits per heavy atom. The number of rotatable bonds is 5. The molecule has 5 N–H and O–H groups in total. The highest BCUT2D eigenvalue weighted by molar-refractivity contribution is 6.01. The molecule has 0 aliphatic heterocycles. The number of hydrogen-bond acceptors (Lipinski definition) is 3. The predicted octanol–water partition coefficient (Wildman–Crippen LogP) is 1.97. The zero-order chi connectivity index (χ0) is 12.8. The van der Waals surface area contributed by atoms with Gasteiger partial charge in [0.2, 0.25) is 0 Å². The molecule has 18 heavy (non-hydrogen) atoms. The van der Waals surface area contributed by atoms with E-state index in [0.29, 0.717) is 22.4 Å². The number of carbonyl (C=O) groups is 1. The van der Waals surface area contributed by atoms with Gasteiger partial charge in [0.1, 0.15) is 0 Å². The fraction of sp³-hybridized carbons (Fsp3) is 0.500. The molecule has 1 aromatic rings. The molecule has 0 aromatic heterocycles. The first-order chi connectivity index (χ1) is 8.62. The van der Waals surface area contributed by atoms with Crippen molar-refractivity contribution in [3.05, 3.63) is 23.8 Å². The molecule has 4 nitrogen and oxygen atoms in total. The highest BCUT2D eigenvalue weighted by Gasteiger charge is 2.53. The fourth-order valence-electron chi connectivity index (χ4n) is 2.82. The average Bonchev–Trinajstić information content (AvgIpc) is 3.19. The van der Waals surface area contributed by atoms with E-state index >= 15 is 0 Å². The lowest BCUT2D eigenvalue weighted by molar-refractivity contribution is 0.100. The van der Waals surface area contributed by atoms with Crippen molar-refractivity contribution in [1.29, 1.82) is 0 Å². The third-order valence-corrected chi connectivity index (χ3v) is 4.31. The van der Waals surface area contributed by atoms with Gasteiger partial charge in [-0.1, -0.05) is 6.07 Å². The number of hydrogen-bond donors (Lipinski definition) is 3. The monoisotopic (exact) mass is 245 g/mol. The van der Waals surface area contributed by atoms with Gasteiger partial charge in [0, 0.05) is 6.54 Å². The third-order valence-electron chi connectivity index (χ3n) is 4.31. The van der Waals surface area contributed by atoms with Crippen molar-refractivity contribution in [3.8, 4) is 0 Å². The van der Waals surface area contributed by atoms with E-state index in [1.54, 1.807) is 18.2 Å². The average molecular weight is 245 g/mol. The number of nitrogens with two attached hydrogens (primary N) is 2. The molecule has 1 aromatic carbocycles. The Kier molecular flexibility index (Phi) is 2.47. The van der Waals surface area contributed by atoms with Crippen LogP contribution >= 0.6 is 0 Å². The molecule has 4 heteroatoms. The van der Waals surface area contributed by atoms with Gasteiger partial charge < -0.3 is 16.8 Å². The normalized spacial score (nSPS) is 20.4. The molecule has 2 aliphatic carbocycles. The summed E-state index contributed by atoms with van der Waals surface area (Å²) in [6.07, 6.45) is 5.30. The highest BCUT2D eigenvalue weighted by atomic mass is 16.1. The van der Waals surface area contributed by atoms with Crippen LogP contribution in [-0.4, -0.2) is 12.5 Å². The van der Waals surface area contributed by atoms with Crippen LogP contribution in [0.3, 0.4) is 0 Å². The number of primary amides is 1. The number of para-hydroxylation sites is 1. The summed E-state index contributed by atoms with van der Waals surface area (Å²) >= 11 is 0. The van der Waals surface area contributed by atoms with Crippen molar-refractivity contribution < 1.29 is 4.79 Å². The molecule has 96 valence electrons. The Balaban J connectivity index is 1.77. The van der Waals surface area contributed by atoms with Gasteiger partial charge in [-0.25, -0.2) is 0 Å². The fourth-order valence-corrected chi connectivity index (χ4v) is 2.82. The Bertz CT molecular complexity index is 490. The minimum atomic E-state index is -0.430. The van der Waals surface area contributed by atoms with Crippen LogP contribution in [0, 0.1) is 11.3 Å². The molecule has 0 bridgehead atoms. The van der Waals surface area contributed by atoms with E-state index in [-0.39, 0.29) is 0 Å². The summed E-state index contributed by atoms with van der Waals surface area (Å²) < 4.78 is 0. The lowest BCUT2D eigenvalue weighted by atomic mass is 10.00. The van der Waals surface area contributed by atoms with E-state index in [4.69, 9.17) is 11.5 Å². The summed E-state index contributed by atoms with van der Waals surface area (Å²) in [5.74, 6) is 0.452. The largest absolute Gasteiger partial charge is 0.397 e. The SMILES string of the molecule is NC(=O)c1cccc(N)c1NCC1(C2CC2)CC1. The van der Waals surface area contributed by atoms with Gasteiger partial charge in [0.25, 0.3) is 5.91 Å². The van der Waals surface area contributed by atoms with Crippen molar-refractivity contribution in [2.45, 2.75) is 25.7 Å². The first-order valence-electron chi connectivity index (χ1n) is 6.54. The van der Waals surface area contributed by atoms with Gasteiger partial charge in [-0.15, -0.1) is 0 Å². The number of nitrogen functional groups attached to an aromatic ring is 1. The van der Waals surface area contributed by atoms with E-state index in [2.05, 4.69) is 5.32 Å². The number of nitrogens with one attached hydrogen (secondary N) is 1. The van der Waals surface area contributed by atoms with Crippen LogP contribution in [0.5, 0.6) is 0 Å². The Morgan fingerprint density at radius 2 is 2.11 bits per heavy atom. The number of amides is 1. The van der Waals surface area contributed by atoms with Crippen molar-refractivity contribution >= 4 is 17.3 Å². The maximum Gasteiger partial charge on any atom is 0.250 e. The minimum absolute atomic E-state index is 0.430. The smallest absolute Gasteiger partial charge is 0.250 e. The molecule has 0 unspecified atom stereocenters. The van der Waals surface area contributed by atoms with Crippen molar-refractivity contribution in [2.24, 2.45) is 17.1 Å². The summed E-state index contributed by atoms with van der Waals surface area (Å²) in [6.45, 7) is 0.909. The maximum absolute atomic E-state index is 11.4. The van der Waals surface area contributed by atoms with E-state index in [1.165, 1.54) is 25.7 Å². The minimum Gasteiger partial charge on any atom is -0.397 e. The standard InChI is InChI=1S/C14H19N3O/c15-11-3-1-2-10(13(16)18)12(11)17-8-14(6-7-14)9-4-5-9/h1-3,9,17H,4-8,15H2,(H2,16,18). The molecule has 2 saturated carbocycles. The Labute approximate surface area is 107 Å². The quantitative estimate of drug-likeness (QED) is 0.694. The summed E-state index contributed by atoms with van der Waals surface area (Å²) in [7, 11) is 0. The summed E-state index contributed by atoms with van der Waals surface area (Å²) in [6, 6.07) is 5.28. The van der Waals surface area contributed by atoms with Gasteiger partial charge in [-0.3, -0.25) is 4.79 Å². The van der Waals surface area contributed by atoms with Crippen LogP contribution in [-0.2, 0) is 0 Å². The number of carbonyl (C=O) groups excluding carboxylic acids is 1. The molecule has 3 rings (SSSR count). The number of benzene rings is 1. The zero-order valence-corrected chi connectivity index (χ0v) is 10.4. The lowest BCUT2D eigenvalue weighted by Gasteiger charge is -2.18. The second kappa shape index (κ2) is 3.90. The molecular weight excluding hydrogens is 226 g/mol. The molecule has 2 aliphatic rings.